The van der Waals surface area contributed by atoms with Crippen molar-refractivity contribution in [2.75, 3.05) is 7.11 Å². The molecule has 1 aromatic carbocycles. The van der Waals surface area contributed by atoms with Gasteiger partial charge >= 0.3 is 0 Å². The fraction of sp³-hybridized carbons (Fsp3) is 0.412. The highest BCUT2D eigenvalue weighted by atomic mass is 79.9. The fourth-order valence-corrected chi connectivity index (χ4v) is 4.67. The first-order valence-corrected chi connectivity index (χ1v) is 8.93. The van der Waals surface area contributed by atoms with Gasteiger partial charge in [-0.1, -0.05) is 28.4 Å². The van der Waals surface area contributed by atoms with Crippen molar-refractivity contribution in [3.8, 4) is 5.75 Å². The van der Waals surface area contributed by atoms with E-state index in [1.165, 1.54) is 29.7 Å². The summed E-state index contributed by atoms with van der Waals surface area (Å²) in [4.78, 5) is 2.51. The quantitative estimate of drug-likeness (QED) is 0.785. The van der Waals surface area contributed by atoms with Crippen molar-refractivity contribution >= 4 is 27.3 Å². The van der Waals surface area contributed by atoms with Crippen molar-refractivity contribution in [3.05, 3.63) is 49.6 Å². The van der Waals surface area contributed by atoms with Crippen LogP contribution in [0.5, 0.6) is 5.75 Å². The van der Waals surface area contributed by atoms with E-state index in [9.17, 15) is 5.11 Å². The Hall–Kier alpha value is -0.840. The van der Waals surface area contributed by atoms with Crippen LogP contribution < -0.4 is 4.74 Å². The van der Waals surface area contributed by atoms with E-state index in [2.05, 4.69) is 22.0 Å². The number of benzene rings is 1. The molecular weight excluding hydrogens is 348 g/mol. The van der Waals surface area contributed by atoms with Crippen LogP contribution in [0.4, 0.5) is 0 Å². The lowest BCUT2D eigenvalue weighted by molar-refractivity contribution is 0.223. The van der Waals surface area contributed by atoms with Gasteiger partial charge in [0.05, 0.1) is 7.11 Å². The van der Waals surface area contributed by atoms with Gasteiger partial charge in [-0.05, 0) is 49.4 Å². The van der Waals surface area contributed by atoms with Gasteiger partial charge in [-0.15, -0.1) is 11.3 Å². The van der Waals surface area contributed by atoms with E-state index in [1.807, 2.05) is 18.2 Å². The number of ether oxygens (including phenoxy) is 1. The maximum absolute atomic E-state index is 10.7. The van der Waals surface area contributed by atoms with Crippen LogP contribution in [0, 0.1) is 0 Å². The molecule has 1 aromatic heterocycles. The average molecular weight is 367 g/mol. The first kappa shape index (κ1) is 15.1. The number of hydrogen-bond donors (Lipinski definition) is 1. The highest BCUT2D eigenvalue weighted by Crippen LogP contribution is 2.37. The first-order valence-electron chi connectivity index (χ1n) is 7.32. The summed E-state index contributed by atoms with van der Waals surface area (Å²) >= 11 is 5.30. The van der Waals surface area contributed by atoms with Gasteiger partial charge in [-0.25, -0.2) is 0 Å². The van der Waals surface area contributed by atoms with Crippen molar-refractivity contribution in [1.29, 1.82) is 0 Å². The first-order chi connectivity index (χ1) is 10.2. The molecule has 21 heavy (non-hydrogen) atoms. The van der Waals surface area contributed by atoms with Gasteiger partial charge in [0, 0.05) is 19.8 Å². The lowest BCUT2D eigenvalue weighted by Crippen LogP contribution is -1.99. The molecule has 1 aliphatic carbocycles. The lowest BCUT2D eigenvalue weighted by Gasteiger charge is -2.12. The van der Waals surface area contributed by atoms with Crippen LogP contribution in [0.3, 0.4) is 0 Å². The number of aliphatic hydroxyl groups excluding tert-OH is 1. The summed E-state index contributed by atoms with van der Waals surface area (Å²) in [5.74, 6) is 0.791. The maximum atomic E-state index is 10.7. The molecule has 1 heterocycles. The second-order valence-corrected chi connectivity index (χ2v) is 7.47. The Morgan fingerprint density at radius 3 is 2.76 bits per heavy atom. The van der Waals surface area contributed by atoms with E-state index in [4.69, 9.17) is 4.74 Å². The van der Waals surface area contributed by atoms with Gasteiger partial charge in [0.15, 0.2) is 0 Å². The van der Waals surface area contributed by atoms with E-state index in [-0.39, 0.29) is 0 Å². The number of hydrogen-bond acceptors (Lipinski definition) is 3. The second-order valence-electron chi connectivity index (χ2n) is 5.45. The zero-order valence-corrected chi connectivity index (χ0v) is 14.5. The van der Waals surface area contributed by atoms with Crippen molar-refractivity contribution in [1.82, 2.24) is 0 Å². The molecule has 0 spiro atoms. The summed E-state index contributed by atoms with van der Waals surface area (Å²) in [7, 11) is 1.65. The number of aryl methyl sites for hydroxylation is 2. The molecule has 0 aliphatic heterocycles. The van der Waals surface area contributed by atoms with Gasteiger partial charge in [-0.3, -0.25) is 0 Å². The lowest BCUT2D eigenvalue weighted by atomic mass is 10.1. The molecule has 3 rings (SSSR count). The number of aliphatic hydroxyl groups is 1. The number of fused-ring (bicyclic) bond motifs is 1. The van der Waals surface area contributed by atoms with Crippen molar-refractivity contribution in [3.63, 3.8) is 0 Å². The number of halogens is 1. The van der Waals surface area contributed by atoms with Gasteiger partial charge < -0.3 is 9.84 Å². The van der Waals surface area contributed by atoms with Crippen LogP contribution in [-0.4, -0.2) is 12.2 Å². The maximum Gasteiger partial charge on any atom is 0.120 e. The zero-order valence-electron chi connectivity index (χ0n) is 12.1. The predicted molar refractivity (Wildman–Crippen MR) is 90.3 cm³/mol. The summed E-state index contributed by atoms with van der Waals surface area (Å²) < 4.78 is 6.09. The summed E-state index contributed by atoms with van der Waals surface area (Å²) in [5.41, 5.74) is 2.34. The summed E-state index contributed by atoms with van der Waals surface area (Å²) in [6.07, 6.45) is 5.62. The minimum atomic E-state index is -0.567. The van der Waals surface area contributed by atoms with Crippen molar-refractivity contribution in [2.45, 2.75) is 38.2 Å². The van der Waals surface area contributed by atoms with E-state index in [1.54, 1.807) is 18.4 Å². The summed E-state index contributed by atoms with van der Waals surface area (Å²) in [5, 5.41) is 10.7. The molecule has 1 atom stereocenters. The molecule has 112 valence electrons. The van der Waals surface area contributed by atoms with E-state index >= 15 is 0 Å². The standard InChI is InChI=1S/C17H19BrO2S/c1-20-12-7-8-13(14(18)10-12)17(19)16-9-11-5-3-2-4-6-15(11)21-16/h7-10,17,19H,2-6H2,1H3. The predicted octanol–water partition coefficient (Wildman–Crippen LogP) is 4.87. The normalized spacial score (nSPS) is 16.1. The topological polar surface area (TPSA) is 29.5 Å². The van der Waals surface area contributed by atoms with Gasteiger partial charge in [-0.2, -0.15) is 0 Å². The van der Waals surface area contributed by atoms with E-state index < -0.39 is 6.10 Å². The van der Waals surface area contributed by atoms with Crippen LogP contribution in [0.1, 0.15) is 46.2 Å². The van der Waals surface area contributed by atoms with Gasteiger partial charge in [0.1, 0.15) is 11.9 Å². The van der Waals surface area contributed by atoms with Crippen LogP contribution in [0.15, 0.2) is 28.7 Å². The zero-order chi connectivity index (χ0) is 14.8. The molecule has 4 heteroatoms. The number of methoxy groups -OCH3 is 1. The molecule has 0 saturated heterocycles. The molecule has 1 N–H and O–H groups in total. The molecule has 0 radical (unpaired) electrons. The molecule has 1 aliphatic rings. The Morgan fingerprint density at radius 1 is 1.19 bits per heavy atom. The molecule has 2 nitrogen and oxygen atoms in total. The van der Waals surface area contributed by atoms with Crippen LogP contribution in [0.25, 0.3) is 0 Å². The van der Waals surface area contributed by atoms with Gasteiger partial charge in [0.25, 0.3) is 0 Å². The minimum Gasteiger partial charge on any atom is -0.497 e. The van der Waals surface area contributed by atoms with Crippen LogP contribution in [-0.2, 0) is 12.8 Å². The third kappa shape index (κ3) is 3.17. The van der Waals surface area contributed by atoms with Crippen molar-refractivity contribution in [2.24, 2.45) is 0 Å². The molecule has 0 saturated carbocycles. The minimum absolute atomic E-state index is 0.567. The Bertz CT molecular complexity index is 612. The van der Waals surface area contributed by atoms with E-state index in [0.29, 0.717) is 0 Å². The second kappa shape index (κ2) is 6.51. The monoisotopic (exact) mass is 366 g/mol. The summed E-state index contributed by atoms with van der Waals surface area (Å²) in [6, 6.07) is 7.92. The Kier molecular flexibility index (Phi) is 4.67. The highest BCUT2D eigenvalue weighted by molar-refractivity contribution is 9.10. The molecule has 0 fully saturated rings. The third-order valence-electron chi connectivity index (χ3n) is 4.04. The molecular formula is C17H19BrO2S. The Morgan fingerprint density at radius 2 is 2.00 bits per heavy atom. The van der Waals surface area contributed by atoms with Gasteiger partial charge in [0.2, 0.25) is 0 Å². The highest BCUT2D eigenvalue weighted by Gasteiger charge is 2.20. The Labute approximate surface area is 137 Å². The van der Waals surface area contributed by atoms with Crippen LogP contribution >= 0.6 is 27.3 Å². The number of thiophene rings is 1. The largest absolute Gasteiger partial charge is 0.497 e. The van der Waals surface area contributed by atoms with E-state index in [0.717, 1.165) is 33.5 Å². The number of rotatable bonds is 3. The fourth-order valence-electron chi connectivity index (χ4n) is 2.84. The van der Waals surface area contributed by atoms with Crippen molar-refractivity contribution < 1.29 is 9.84 Å². The SMILES string of the molecule is COc1ccc(C(O)c2cc3c(s2)CCCCC3)c(Br)c1. The molecule has 0 amide bonds. The third-order valence-corrected chi connectivity index (χ3v) is 6.01. The van der Waals surface area contributed by atoms with Crippen LogP contribution in [0.2, 0.25) is 0 Å². The summed E-state index contributed by atoms with van der Waals surface area (Å²) in [6.45, 7) is 0. The molecule has 2 aromatic rings. The molecule has 0 bridgehead atoms. The smallest absolute Gasteiger partial charge is 0.120 e. The Balaban J connectivity index is 1.90. The molecule has 1 unspecified atom stereocenters. The average Bonchev–Trinajstić information content (AvgIpc) is 2.77.